The first-order valence-electron chi connectivity index (χ1n) is 7.01. The average Bonchev–Trinajstić information content (AvgIpc) is 3.24. The maximum absolute atomic E-state index is 13.2. The van der Waals surface area contributed by atoms with E-state index in [-0.39, 0.29) is 30.3 Å². The van der Waals surface area contributed by atoms with E-state index in [1.54, 1.807) is 0 Å². The van der Waals surface area contributed by atoms with Crippen molar-refractivity contribution in [1.29, 1.82) is 0 Å². The summed E-state index contributed by atoms with van der Waals surface area (Å²) in [6.45, 7) is 0.469. The number of hydrogen-bond donors (Lipinski definition) is 3. The number of hydrogen-bond acceptors (Lipinski definition) is 3. The van der Waals surface area contributed by atoms with Crippen molar-refractivity contribution >= 4 is 17.5 Å². The van der Waals surface area contributed by atoms with Gasteiger partial charge in [0.15, 0.2) is 0 Å². The lowest BCUT2D eigenvalue weighted by molar-refractivity contribution is -0.126. The highest BCUT2D eigenvalue weighted by atomic mass is 19.1. The first-order valence-corrected chi connectivity index (χ1v) is 7.01. The predicted octanol–water partition coefficient (Wildman–Crippen LogP) is 1.14. The normalized spacial score (nSPS) is 22.2. The molecule has 0 aromatic heterocycles. The molecule has 1 aliphatic carbocycles. The first kappa shape index (κ1) is 14.0. The smallest absolute Gasteiger partial charge is 0.228 e. The zero-order valence-electron chi connectivity index (χ0n) is 11.5. The molecule has 6 heteroatoms. The van der Waals surface area contributed by atoms with Gasteiger partial charge in [0.25, 0.3) is 0 Å². The molecule has 1 atom stereocenters. The van der Waals surface area contributed by atoms with E-state index in [1.807, 2.05) is 0 Å². The van der Waals surface area contributed by atoms with Crippen LogP contribution < -0.4 is 10.6 Å². The molecule has 0 spiro atoms. The van der Waals surface area contributed by atoms with Gasteiger partial charge in [0.2, 0.25) is 11.8 Å². The monoisotopic (exact) mass is 292 g/mol. The standard InChI is InChI=1S/C15H17FN2O3/c16-9-1-2-10-11(6-13(20)18-12(10)5-9)14(21)17-7-15(8-19)3-4-15/h1-2,5,11,19H,3-4,6-8H2,(H,17,21)(H,18,20). The average molecular weight is 292 g/mol. The second-order valence-corrected chi connectivity index (χ2v) is 5.91. The molecule has 1 aliphatic heterocycles. The van der Waals surface area contributed by atoms with Gasteiger partial charge in [-0.3, -0.25) is 9.59 Å². The van der Waals surface area contributed by atoms with E-state index in [0.29, 0.717) is 17.8 Å². The molecule has 1 aromatic carbocycles. The van der Waals surface area contributed by atoms with Crippen molar-refractivity contribution in [2.45, 2.75) is 25.2 Å². The van der Waals surface area contributed by atoms with Gasteiger partial charge in [-0.1, -0.05) is 6.07 Å². The van der Waals surface area contributed by atoms with Gasteiger partial charge < -0.3 is 15.7 Å². The van der Waals surface area contributed by atoms with Crippen molar-refractivity contribution in [2.75, 3.05) is 18.5 Å². The van der Waals surface area contributed by atoms with Gasteiger partial charge in [-0.25, -0.2) is 4.39 Å². The Balaban J connectivity index is 1.76. The van der Waals surface area contributed by atoms with Crippen molar-refractivity contribution in [3.05, 3.63) is 29.6 Å². The largest absolute Gasteiger partial charge is 0.396 e. The van der Waals surface area contributed by atoms with E-state index in [4.69, 9.17) is 0 Å². The number of fused-ring (bicyclic) bond motifs is 1. The van der Waals surface area contributed by atoms with E-state index in [2.05, 4.69) is 10.6 Å². The van der Waals surface area contributed by atoms with E-state index in [1.165, 1.54) is 18.2 Å². The number of benzene rings is 1. The third kappa shape index (κ3) is 2.76. The lowest BCUT2D eigenvalue weighted by atomic mass is 9.89. The van der Waals surface area contributed by atoms with E-state index < -0.39 is 11.7 Å². The fraction of sp³-hybridized carbons (Fsp3) is 0.467. The number of aliphatic hydroxyl groups excluding tert-OH is 1. The lowest BCUT2D eigenvalue weighted by Crippen LogP contribution is -2.38. The molecule has 0 radical (unpaired) electrons. The Kier molecular flexibility index (Phi) is 3.41. The van der Waals surface area contributed by atoms with Crippen molar-refractivity contribution in [1.82, 2.24) is 5.32 Å². The lowest BCUT2D eigenvalue weighted by Gasteiger charge is -2.25. The Morgan fingerprint density at radius 1 is 1.48 bits per heavy atom. The van der Waals surface area contributed by atoms with Gasteiger partial charge in [0.1, 0.15) is 5.82 Å². The molecule has 3 rings (SSSR count). The molecule has 0 saturated heterocycles. The molecule has 1 heterocycles. The number of carbonyl (C=O) groups is 2. The number of carbonyl (C=O) groups excluding carboxylic acids is 2. The Labute approximate surface area is 121 Å². The Hall–Kier alpha value is -1.95. The van der Waals surface area contributed by atoms with Gasteiger partial charge >= 0.3 is 0 Å². The maximum Gasteiger partial charge on any atom is 0.228 e. The fourth-order valence-corrected chi connectivity index (χ4v) is 2.64. The quantitative estimate of drug-likeness (QED) is 0.778. The van der Waals surface area contributed by atoms with Crippen molar-refractivity contribution in [3.63, 3.8) is 0 Å². The molecule has 0 bridgehead atoms. The second-order valence-electron chi connectivity index (χ2n) is 5.91. The highest BCUT2D eigenvalue weighted by Gasteiger charge is 2.42. The van der Waals surface area contributed by atoms with Gasteiger partial charge in [-0.15, -0.1) is 0 Å². The number of aliphatic hydroxyl groups is 1. The minimum atomic E-state index is -0.608. The number of halogens is 1. The molecule has 1 unspecified atom stereocenters. The van der Waals surface area contributed by atoms with Gasteiger partial charge in [-0.05, 0) is 30.5 Å². The van der Waals surface area contributed by atoms with Crippen molar-refractivity contribution in [3.8, 4) is 0 Å². The topological polar surface area (TPSA) is 78.4 Å². The minimum absolute atomic E-state index is 0.0522. The Morgan fingerprint density at radius 2 is 2.24 bits per heavy atom. The number of rotatable bonds is 4. The summed E-state index contributed by atoms with van der Waals surface area (Å²) in [5.74, 6) is -1.61. The Bertz CT molecular complexity index is 599. The number of nitrogens with one attached hydrogen (secondary N) is 2. The Morgan fingerprint density at radius 3 is 2.90 bits per heavy atom. The van der Waals surface area contributed by atoms with Crippen LogP contribution in [0, 0.1) is 11.2 Å². The zero-order valence-corrected chi connectivity index (χ0v) is 11.5. The third-order valence-corrected chi connectivity index (χ3v) is 4.30. The van der Waals surface area contributed by atoms with Crippen LogP contribution in [-0.2, 0) is 9.59 Å². The van der Waals surface area contributed by atoms with E-state index in [0.717, 1.165) is 12.8 Å². The molecule has 5 nitrogen and oxygen atoms in total. The van der Waals surface area contributed by atoms with Gasteiger partial charge in [0.05, 0.1) is 12.5 Å². The molecule has 1 saturated carbocycles. The van der Waals surface area contributed by atoms with Crippen LogP contribution in [0.1, 0.15) is 30.7 Å². The van der Waals surface area contributed by atoms with Crippen molar-refractivity contribution < 1.29 is 19.1 Å². The van der Waals surface area contributed by atoms with Gasteiger partial charge in [0, 0.05) is 24.1 Å². The number of anilines is 1. The fourth-order valence-electron chi connectivity index (χ4n) is 2.64. The summed E-state index contributed by atoms with van der Waals surface area (Å²) in [4.78, 5) is 24.0. The van der Waals surface area contributed by atoms with E-state index in [9.17, 15) is 19.1 Å². The summed E-state index contributed by atoms with van der Waals surface area (Å²) in [7, 11) is 0. The molecule has 21 heavy (non-hydrogen) atoms. The summed E-state index contributed by atoms with van der Waals surface area (Å²) in [6.07, 6.45) is 1.85. The third-order valence-electron chi connectivity index (χ3n) is 4.30. The molecular formula is C15H17FN2O3. The summed E-state index contributed by atoms with van der Waals surface area (Å²) in [6, 6.07) is 4.04. The summed E-state index contributed by atoms with van der Waals surface area (Å²) >= 11 is 0. The highest BCUT2D eigenvalue weighted by Crippen LogP contribution is 2.44. The van der Waals surface area contributed by atoms with Crippen LogP contribution in [0.15, 0.2) is 18.2 Å². The summed E-state index contributed by atoms with van der Waals surface area (Å²) in [5, 5.41) is 14.6. The summed E-state index contributed by atoms with van der Waals surface area (Å²) < 4.78 is 13.2. The van der Waals surface area contributed by atoms with Crippen LogP contribution in [-0.4, -0.2) is 30.1 Å². The maximum atomic E-state index is 13.2. The predicted molar refractivity (Wildman–Crippen MR) is 74.2 cm³/mol. The number of amides is 2. The van der Waals surface area contributed by atoms with Crippen molar-refractivity contribution in [2.24, 2.45) is 5.41 Å². The highest BCUT2D eigenvalue weighted by molar-refractivity contribution is 6.01. The van der Waals surface area contributed by atoms with Crippen LogP contribution in [0.25, 0.3) is 0 Å². The van der Waals surface area contributed by atoms with Crippen LogP contribution in [0.2, 0.25) is 0 Å². The van der Waals surface area contributed by atoms with Crippen LogP contribution in [0.3, 0.4) is 0 Å². The second kappa shape index (κ2) is 5.11. The zero-order chi connectivity index (χ0) is 15.0. The van der Waals surface area contributed by atoms with Crippen LogP contribution in [0.4, 0.5) is 10.1 Å². The van der Waals surface area contributed by atoms with Gasteiger partial charge in [-0.2, -0.15) is 0 Å². The van der Waals surface area contributed by atoms with Crippen LogP contribution in [0.5, 0.6) is 0 Å². The summed E-state index contributed by atoms with van der Waals surface area (Å²) in [5.41, 5.74) is 0.801. The first-order chi connectivity index (χ1) is 10.0. The molecule has 112 valence electrons. The SMILES string of the molecule is O=C1CC(C(=O)NCC2(CO)CC2)c2ccc(F)cc2N1. The molecule has 1 fully saturated rings. The molecule has 2 amide bonds. The molecule has 2 aliphatic rings. The van der Waals surface area contributed by atoms with E-state index >= 15 is 0 Å². The molecule has 3 N–H and O–H groups in total. The minimum Gasteiger partial charge on any atom is -0.396 e. The molecular weight excluding hydrogens is 275 g/mol. The molecule has 1 aromatic rings. The van der Waals surface area contributed by atoms with Crippen LogP contribution >= 0.6 is 0 Å².